The molecule has 1 N–H and O–H groups in total. The third kappa shape index (κ3) is 1.79. The van der Waals surface area contributed by atoms with E-state index < -0.39 is 0 Å². The number of nitrogens with one attached hydrogen (secondary N) is 1. The normalized spacial score (nSPS) is 9.80. The van der Waals surface area contributed by atoms with Crippen molar-refractivity contribution in [2.75, 3.05) is 6.61 Å². The van der Waals surface area contributed by atoms with E-state index in [0.717, 1.165) is 24.5 Å². The zero-order valence-corrected chi connectivity index (χ0v) is 6.48. The predicted octanol–water partition coefficient (Wildman–Crippen LogP) is 2.11. The molecule has 0 aliphatic heterocycles. The quantitative estimate of drug-likeness (QED) is 0.681. The van der Waals surface area contributed by atoms with Gasteiger partial charge in [-0.1, -0.05) is 6.92 Å². The summed E-state index contributed by atoms with van der Waals surface area (Å²) in [5.41, 5.74) is 1.14. The first-order valence-electron chi connectivity index (χ1n) is 3.60. The van der Waals surface area contributed by atoms with Crippen LogP contribution in [0.15, 0.2) is 12.3 Å². The number of H-pyrrole nitrogens is 1. The fraction of sp³-hybridized carbons (Fsp3) is 0.500. The summed E-state index contributed by atoms with van der Waals surface area (Å²) in [6, 6.07) is 2.00. The van der Waals surface area contributed by atoms with E-state index in [1.807, 2.05) is 19.2 Å². The van der Waals surface area contributed by atoms with Crippen LogP contribution in [0.5, 0.6) is 5.75 Å². The maximum absolute atomic E-state index is 5.34. The first-order valence-corrected chi connectivity index (χ1v) is 3.60. The number of aromatic nitrogens is 1. The molecule has 1 rings (SSSR count). The van der Waals surface area contributed by atoms with Gasteiger partial charge in [0.1, 0.15) is 5.75 Å². The van der Waals surface area contributed by atoms with Crippen LogP contribution in [0.25, 0.3) is 0 Å². The highest BCUT2D eigenvalue weighted by atomic mass is 16.5. The summed E-state index contributed by atoms with van der Waals surface area (Å²) in [7, 11) is 0. The molecule has 56 valence electrons. The Kier molecular flexibility index (Phi) is 2.37. The van der Waals surface area contributed by atoms with E-state index in [9.17, 15) is 0 Å². The first kappa shape index (κ1) is 7.19. The maximum atomic E-state index is 5.34. The second-order valence-corrected chi connectivity index (χ2v) is 2.37. The Labute approximate surface area is 61.2 Å². The van der Waals surface area contributed by atoms with E-state index in [-0.39, 0.29) is 0 Å². The molecule has 2 heteroatoms. The minimum atomic E-state index is 0.803. The Bertz CT molecular complexity index is 193. The van der Waals surface area contributed by atoms with Crippen LogP contribution in [-0.2, 0) is 0 Å². The molecule has 2 nitrogen and oxygen atoms in total. The lowest BCUT2D eigenvalue weighted by molar-refractivity contribution is 0.318. The highest BCUT2D eigenvalue weighted by Gasteiger charge is 1.92. The smallest absolute Gasteiger partial charge is 0.136 e. The summed E-state index contributed by atoms with van der Waals surface area (Å²) in [6.45, 7) is 4.91. The van der Waals surface area contributed by atoms with E-state index in [2.05, 4.69) is 11.9 Å². The van der Waals surface area contributed by atoms with Crippen LogP contribution < -0.4 is 4.74 Å². The van der Waals surface area contributed by atoms with Crippen LogP contribution in [0.1, 0.15) is 19.0 Å². The van der Waals surface area contributed by atoms with E-state index in [0.29, 0.717) is 0 Å². The van der Waals surface area contributed by atoms with Crippen molar-refractivity contribution in [3.63, 3.8) is 0 Å². The first-order chi connectivity index (χ1) is 4.83. The molecule has 0 radical (unpaired) electrons. The van der Waals surface area contributed by atoms with E-state index >= 15 is 0 Å². The van der Waals surface area contributed by atoms with E-state index in [4.69, 9.17) is 4.74 Å². The van der Waals surface area contributed by atoms with Gasteiger partial charge in [0, 0.05) is 18.0 Å². The molecular weight excluding hydrogens is 126 g/mol. The fourth-order valence-electron chi connectivity index (χ4n) is 0.785. The lowest BCUT2D eigenvalue weighted by Crippen LogP contribution is -1.92. The summed E-state index contributed by atoms with van der Waals surface area (Å²) < 4.78 is 5.34. The molecule has 0 aromatic carbocycles. The third-order valence-electron chi connectivity index (χ3n) is 1.27. The average molecular weight is 139 g/mol. The fourth-order valence-corrected chi connectivity index (χ4v) is 0.785. The highest BCUT2D eigenvalue weighted by molar-refractivity contribution is 5.21. The number of hydrogen-bond donors (Lipinski definition) is 1. The summed E-state index contributed by atoms with van der Waals surface area (Å²) in [5, 5.41) is 0. The van der Waals surface area contributed by atoms with Crippen LogP contribution in [0, 0.1) is 6.92 Å². The number of rotatable bonds is 3. The molecule has 0 fully saturated rings. The Morgan fingerprint density at radius 3 is 2.90 bits per heavy atom. The maximum Gasteiger partial charge on any atom is 0.136 e. The topological polar surface area (TPSA) is 25.0 Å². The number of aryl methyl sites for hydroxylation is 1. The van der Waals surface area contributed by atoms with E-state index in [1.165, 1.54) is 0 Å². The van der Waals surface area contributed by atoms with Gasteiger partial charge in [0.05, 0.1) is 6.61 Å². The molecule has 1 aromatic rings. The van der Waals surface area contributed by atoms with Crippen LogP contribution in [0.2, 0.25) is 0 Å². The average Bonchev–Trinajstić information content (AvgIpc) is 2.31. The number of aromatic amines is 1. The molecule has 1 heterocycles. The van der Waals surface area contributed by atoms with Gasteiger partial charge in [0.15, 0.2) is 0 Å². The van der Waals surface area contributed by atoms with Crippen molar-refractivity contribution in [1.29, 1.82) is 0 Å². The second kappa shape index (κ2) is 3.30. The molecular formula is C8H13NO. The second-order valence-electron chi connectivity index (χ2n) is 2.37. The van der Waals surface area contributed by atoms with Gasteiger partial charge >= 0.3 is 0 Å². The van der Waals surface area contributed by atoms with Crippen molar-refractivity contribution in [2.24, 2.45) is 0 Å². The predicted molar refractivity (Wildman–Crippen MR) is 41.3 cm³/mol. The standard InChI is InChI=1S/C8H13NO/c1-3-4-10-8-5-7(2)9-6-8/h5-6,9H,3-4H2,1-2H3. The van der Waals surface area contributed by atoms with Gasteiger partial charge in [0.2, 0.25) is 0 Å². The van der Waals surface area contributed by atoms with Crippen molar-refractivity contribution < 1.29 is 4.74 Å². The van der Waals surface area contributed by atoms with Crippen molar-refractivity contribution in [3.05, 3.63) is 18.0 Å². The Morgan fingerprint density at radius 1 is 1.60 bits per heavy atom. The zero-order chi connectivity index (χ0) is 7.40. The zero-order valence-electron chi connectivity index (χ0n) is 6.48. The molecule has 0 saturated carbocycles. The van der Waals surface area contributed by atoms with Gasteiger partial charge in [-0.2, -0.15) is 0 Å². The van der Waals surface area contributed by atoms with E-state index in [1.54, 1.807) is 0 Å². The summed E-state index contributed by atoms with van der Waals surface area (Å²) in [6.07, 6.45) is 2.94. The minimum absolute atomic E-state index is 0.803. The van der Waals surface area contributed by atoms with Gasteiger partial charge in [0.25, 0.3) is 0 Å². The molecule has 0 aliphatic carbocycles. The van der Waals surface area contributed by atoms with Crippen molar-refractivity contribution in [2.45, 2.75) is 20.3 Å². The Balaban J connectivity index is 2.42. The molecule has 0 atom stereocenters. The van der Waals surface area contributed by atoms with Gasteiger partial charge in [-0.05, 0) is 13.3 Å². The largest absolute Gasteiger partial charge is 0.492 e. The van der Waals surface area contributed by atoms with Crippen LogP contribution >= 0.6 is 0 Å². The Hall–Kier alpha value is -0.920. The summed E-state index contributed by atoms with van der Waals surface area (Å²) >= 11 is 0. The van der Waals surface area contributed by atoms with Crippen LogP contribution in [0.4, 0.5) is 0 Å². The molecule has 0 unspecified atom stereocenters. The monoisotopic (exact) mass is 139 g/mol. The SMILES string of the molecule is CCCOc1c[nH]c(C)c1. The lowest BCUT2D eigenvalue weighted by Gasteiger charge is -1.97. The molecule has 0 aliphatic rings. The van der Waals surface area contributed by atoms with Gasteiger partial charge < -0.3 is 9.72 Å². The molecule has 1 aromatic heterocycles. The van der Waals surface area contributed by atoms with Gasteiger partial charge in [-0.25, -0.2) is 0 Å². The minimum Gasteiger partial charge on any atom is -0.492 e. The summed E-state index contributed by atoms with van der Waals surface area (Å²) in [4.78, 5) is 3.05. The van der Waals surface area contributed by atoms with Crippen LogP contribution in [0.3, 0.4) is 0 Å². The summed E-state index contributed by atoms with van der Waals surface area (Å²) in [5.74, 6) is 0.944. The van der Waals surface area contributed by atoms with Crippen molar-refractivity contribution in [3.8, 4) is 5.75 Å². The molecule has 0 amide bonds. The molecule has 10 heavy (non-hydrogen) atoms. The van der Waals surface area contributed by atoms with Gasteiger partial charge in [-0.15, -0.1) is 0 Å². The lowest BCUT2D eigenvalue weighted by atomic mass is 10.5. The Morgan fingerprint density at radius 2 is 2.40 bits per heavy atom. The van der Waals surface area contributed by atoms with Crippen molar-refractivity contribution in [1.82, 2.24) is 4.98 Å². The number of hydrogen-bond acceptors (Lipinski definition) is 1. The van der Waals surface area contributed by atoms with Gasteiger partial charge in [-0.3, -0.25) is 0 Å². The number of ether oxygens (including phenoxy) is 1. The molecule has 0 spiro atoms. The van der Waals surface area contributed by atoms with Crippen molar-refractivity contribution >= 4 is 0 Å². The van der Waals surface area contributed by atoms with Crippen LogP contribution in [-0.4, -0.2) is 11.6 Å². The molecule has 0 saturated heterocycles. The molecule has 0 bridgehead atoms. The third-order valence-corrected chi connectivity index (χ3v) is 1.27. The highest BCUT2D eigenvalue weighted by Crippen LogP contribution is 2.10.